The normalized spacial score (nSPS) is 18.4. The molecule has 196 valence electrons. The molecule has 1 aromatic carbocycles. The van der Waals surface area contributed by atoms with Crippen LogP contribution in [0.4, 0.5) is 4.39 Å². The second-order valence-electron chi connectivity index (χ2n) is 10.1. The number of nitrogens with zero attached hydrogens (tertiary/aromatic N) is 7. The molecule has 2 aliphatic rings. The van der Waals surface area contributed by atoms with Gasteiger partial charge in [-0.05, 0) is 57.5 Å². The van der Waals surface area contributed by atoms with E-state index in [2.05, 4.69) is 26.0 Å². The standard InChI is InChI=1S/C28H30FN7O2/c1-19-15-31-28-33-26(35(36(19)28)16-23-9-12-37-23)17-34-10-7-21(8-11-34)25-3-2-4-27(32-25)38-18-22-6-5-20(14-30)13-24(22)29/h2-6,13,15,21,23H,7-12,16-18H2,1H3. The van der Waals surface area contributed by atoms with E-state index in [0.717, 1.165) is 75.0 Å². The first-order valence-corrected chi connectivity index (χ1v) is 13.1. The predicted octanol–water partition coefficient (Wildman–Crippen LogP) is 3.99. The zero-order chi connectivity index (χ0) is 26.1. The largest absolute Gasteiger partial charge is 0.473 e. The molecule has 5 heterocycles. The summed E-state index contributed by atoms with van der Waals surface area (Å²) >= 11 is 0. The first-order valence-electron chi connectivity index (χ1n) is 13.1. The number of fused-ring (bicyclic) bond motifs is 1. The third kappa shape index (κ3) is 4.99. The zero-order valence-corrected chi connectivity index (χ0v) is 21.4. The Labute approximate surface area is 220 Å². The molecule has 10 heteroatoms. The van der Waals surface area contributed by atoms with E-state index in [1.54, 1.807) is 18.2 Å². The Kier molecular flexibility index (Phi) is 6.79. The Morgan fingerprint density at radius 2 is 2.00 bits per heavy atom. The average molecular weight is 516 g/mol. The number of imidazole rings is 1. The van der Waals surface area contributed by atoms with E-state index in [1.807, 2.05) is 24.4 Å². The lowest BCUT2D eigenvalue weighted by Crippen LogP contribution is -2.36. The Balaban J connectivity index is 1.08. The van der Waals surface area contributed by atoms with Crippen molar-refractivity contribution in [3.05, 3.63) is 76.8 Å². The van der Waals surface area contributed by atoms with Crippen LogP contribution in [0.2, 0.25) is 0 Å². The van der Waals surface area contributed by atoms with Crippen LogP contribution >= 0.6 is 0 Å². The molecule has 0 N–H and O–H groups in total. The van der Waals surface area contributed by atoms with E-state index in [4.69, 9.17) is 24.7 Å². The van der Waals surface area contributed by atoms with Crippen LogP contribution in [0.15, 0.2) is 42.6 Å². The molecule has 0 aliphatic carbocycles. The van der Waals surface area contributed by atoms with Crippen molar-refractivity contribution in [2.45, 2.75) is 57.9 Å². The number of ether oxygens (including phenoxy) is 2. The fourth-order valence-electron chi connectivity index (χ4n) is 5.22. The number of piperidine rings is 1. The summed E-state index contributed by atoms with van der Waals surface area (Å²) < 4.78 is 30.0. The molecule has 2 aliphatic heterocycles. The summed E-state index contributed by atoms with van der Waals surface area (Å²) in [6.45, 7) is 6.41. The summed E-state index contributed by atoms with van der Waals surface area (Å²) in [6, 6.07) is 12.1. The monoisotopic (exact) mass is 515 g/mol. The fraction of sp³-hybridized carbons (Fsp3) is 0.429. The van der Waals surface area contributed by atoms with Gasteiger partial charge in [-0.25, -0.2) is 18.9 Å². The quantitative estimate of drug-likeness (QED) is 0.350. The van der Waals surface area contributed by atoms with Gasteiger partial charge in [0.2, 0.25) is 5.88 Å². The molecule has 0 radical (unpaired) electrons. The Morgan fingerprint density at radius 3 is 2.74 bits per heavy atom. The summed E-state index contributed by atoms with van der Waals surface area (Å²) in [5, 5.41) is 8.92. The highest BCUT2D eigenvalue weighted by atomic mass is 19.1. The van der Waals surface area contributed by atoms with Crippen molar-refractivity contribution < 1.29 is 13.9 Å². The number of nitriles is 1. The lowest BCUT2D eigenvalue weighted by atomic mass is 9.93. The van der Waals surface area contributed by atoms with Crippen LogP contribution in [0.25, 0.3) is 5.78 Å². The third-order valence-electron chi connectivity index (χ3n) is 7.50. The van der Waals surface area contributed by atoms with Gasteiger partial charge in [0.1, 0.15) is 18.2 Å². The number of aryl methyl sites for hydroxylation is 1. The number of benzene rings is 1. The van der Waals surface area contributed by atoms with Crippen LogP contribution in [0, 0.1) is 24.1 Å². The molecule has 0 saturated carbocycles. The van der Waals surface area contributed by atoms with Gasteiger partial charge in [0, 0.05) is 29.8 Å². The molecule has 2 fully saturated rings. The Morgan fingerprint density at radius 1 is 1.16 bits per heavy atom. The van der Waals surface area contributed by atoms with Crippen LogP contribution in [0.3, 0.4) is 0 Å². The van der Waals surface area contributed by atoms with E-state index < -0.39 is 5.82 Å². The minimum atomic E-state index is -0.447. The number of hydrogen-bond acceptors (Lipinski definition) is 7. The molecule has 38 heavy (non-hydrogen) atoms. The predicted molar refractivity (Wildman–Crippen MR) is 137 cm³/mol. The highest BCUT2D eigenvalue weighted by molar-refractivity contribution is 5.33. The number of likely N-dealkylation sites (tertiary alicyclic amines) is 1. The molecule has 3 aromatic heterocycles. The number of rotatable bonds is 8. The molecule has 4 aromatic rings. The third-order valence-corrected chi connectivity index (χ3v) is 7.50. The highest BCUT2D eigenvalue weighted by Gasteiger charge is 2.26. The van der Waals surface area contributed by atoms with Crippen LogP contribution in [-0.2, 0) is 24.4 Å². The Hall–Kier alpha value is -3.81. The fourth-order valence-corrected chi connectivity index (χ4v) is 5.22. The number of pyridine rings is 1. The SMILES string of the molecule is Cc1cnc2nc(CN3CCC(c4cccc(OCc5ccc(C#N)cc5F)n4)CC3)n(CC3CCO3)n12. The first-order chi connectivity index (χ1) is 18.6. The number of hydrogen-bond donors (Lipinski definition) is 0. The zero-order valence-electron chi connectivity index (χ0n) is 21.4. The minimum Gasteiger partial charge on any atom is -0.473 e. The lowest BCUT2D eigenvalue weighted by molar-refractivity contribution is -0.0622. The van der Waals surface area contributed by atoms with Crippen molar-refractivity contribution in [2.24, 2.45) is 0 Å². The number of aromatic nitrogens is 5. The molecule has 1 atom stereocenters. The lowest BCUT2D eigenvalue weighted by Gasteiger charge is -2.32. The molecule has 9 nitrogen and oxygen atoms in total. The van der Waals surface area contributed by atoms with Crippen molar-refractivity contribution >= 4 is 5.78 Å². The van der Waals surface area contributed by atoms with Crippen molar-refractivity contribution in [1.29, 1.82) is 5.26 Å². The van der Waals surface area contributed by atoms with Crippen LogP contribution in [0.5, 0.6) is 5.88 Å². The first kappa shape index (κ1) is 24.5. The van der Waals surface area contributed by atoms with Gasteiger partial charge in [0.15, 0.2) is 0 Å². The second kappa shape index (κ2) is 10.5. The van der Waals surface area contributed by atoms with Crippen molar-refractivity contribution in [2.75, 3.05) is 19.7 Å². The van der Waals surface area contributed by atoms with E-state index in [-0.39, 0.29) is 12.7 Å². The van der Waals surface area contributed by atoms with Gasteiger partial charge in [0.05, 0.1) is 42.7 Å². The maximum absolute atomic E-state index is 14.2. The maximum atomic E-state index is 14.2. The van der Waals surface area contributed by atoms with E-state index in [9.17, 15) is 4.39 Å². The van der Waals surface area contributed by atoms with Gasteiger partial charge in [-0.2, -0.15) is 10.2 Å². The van der Waals surface area contributed by atoms with E-state index >= 15 is 0 Å². The maximum Gasteiger partial charge on any atom is 0.251 e. The van der Waals surface area contributed by atoms with Gasteiger partial charge in [-0.15, -0.1) is 0 Å². The molecule has 1 unspecified atom stereocenters. The molecule has 2 saturated heterocycles. The van der Waals surface area contributed by atoms with Crippen LogP contribution in [-0.4, -0.2) is 54.8 Å². The summed E-state index contributed by atoms with van der Waals surface area (Å²) in [5.74, 6) is 2.14. The summed E-state index contributed by atoms with van der Waals surface area (Å²) in [7, 11) is 0. The van der Waals surface area contributed by atoms with Crippen LogP contribution in [0.1, 0.15) is 53.5 Å². The summed E-state index contributed by atoms with van der Waals surface area (Å²) in [5.41, 5.74) is 2.76. The van der Waals surface area contributed by atoms with E-state index in [1.165, 1.54) is 6.07 Å². The molecular formula is C28H30FN7O2. The van der Waals surface area contributed by atoms with Gasteiger partial charge >= 0.3 is 0 Å². The Bertz CT molecular complexity index is 1480. The van der Waals surface area contributed by atoms with Gasteiger partial charge in [0.25, 0.3) is 5.78 Å². The van der Waals surface area contributed by atoms with E-state index in [0.29, 0.717) is 22.9 Å². The molecule has 0 spiro atoms. The summed E-state index contributed by atoms with van der Waals surface area (Å²) in [4.78, 5) is 16.5. The molecule has 0 amide bonds. The highest BCUT2D eigenvalue weighted by Crippen LogP contribution is 2.29. The van der Waals surface area contributed by atoms with Gasteiger partial charge in [-0.1, -0.05) is 12.1 Å². The van der Waals surface area contributed by atoms with Crippen molar-refractivity contribution in [1.82, 2.24) is 29.0 Å². The molecule has 0 bridgehead atoms. The second-order valence-corrected chi connectivity index (χ2v) is 10.1. The van der Waals surface area contributed by atoms with Crippen molar-refractivity contribution in [3.63, 3.8) is 0 Å². The minimum absolute atomic E-state index is 0.0634. The smallest absolute Gasteiger partial charge is 0.251 e. The average Bonchev–Trinajstić information content (AvgIpc) is 3.44. The van der Waals surface area contributed by atoms with Gasteiger partial charge in [-0.3, -0.25) is 9.58 Å². The van der Waals surface area contributed by atoms with Crippen LogP contribution < -0.4 is 4.74 Å². The molecular weight excluding hydrogens is 485 g/mol. The topological polar surface area (TPSA) is 93.5 Å². The van der Waals surface area contributed by atoms with Crippen molar-refractivity contribution in [3.8, 4) is 11.9 Å². The summed E-state index contributed by atoms with van der Waals surface area (Å²) in [6.07, 6.45) is 5.16. The number of halogens is 1. The van der Waals surface area contributed by atoms with Gasteiger partial charge < -0.3 is 9.47 Å². The molecule has 6 rings (SSSR count).